The normalized spacial score (nSPS) is 12.9. The van der Waals surface area contributed by atoms with E-state index < -0.39 is 0 Å². The Morgan fingerprint density at radius 2 is 2.33 bits per heavy atom. The van der Waals surface area contributed by atoms with Crippen LogP contribution in [0.1, 0.15) is 25.6 Å². The average molecular weight is 168 g/mol. The second kappa shape index (κ2) is 4.16. The summed E-state index contributed by atoms with van der Waals surface area (Å²) in [4.78, 5) is 3.96. The van der Waals surface area contributed by atoms with Gasteiger partial charge in [0.15, 0.2) is 0 Å². The highest BCUT2D eigenvalue weighted by Gasteiger charge is 2.03. The molecule has 1 heterocycles. The van der Waals surface area contributed by atoms with Crippen LogP contribution in [0.2, 0.25) is 0 Å². The Kier molecular flexibility index (Phi) is 3.17. The Labute approximate surface area is 71.8 Å². The zero-order valence-electron chi connectivity index (χ0n) is 7.34. The molecule has 1 atom stereocenters. The monoisotopic (exact) mass is 168 g/mol. The number of pyridine rings is 1. The predicted octanol–water partition coefficient (Wildman–Crippen LogP) is 1.89. The lowest BCUT2D eigenvalue weighted by Crippen LogP contribution is -2.18. The Balaban J connectivity index is 2.68. The van der Waals surface area contributed by atoms with Gasteiger partial charge in [-0.25, -0.2) is 4.39 Å². The van der Waals surface area contributed by atoms with Gasteiger partial charge in [0.05, 0.1) is 11.9 Å². The van der Waals surface area contributed by atoms with Gasteiger partial charge in [0.25, 0.3) is 0 Å². The maximum atomic E-state index is 12.5. The molecule has 0 saturated carbocycles. The van der Waals surface area contributed by atoms with Crippen LogP contribution in [-0.4, -0.2) is 11.5 Å². The minimum absolute atomic E-state index is 0.190. The molecule has 0 fully saturated rings. The molecule has 3 heteroatoms. The first kappa shape index (κ1) is 9.13. The van der Waals surface area contributed by atoms with Gasteiger partial charge in [-0.1, -0.05) is 6.92 Å². The van der Waals surface area contributed by atoms with Gasteiger partial charge in [-0.15, -0.1) is 0 Å². The van der Waals surface area contributed by atoms with E-state index in [9.17, 15) is 4.39 Å². The molecule has 0 amide bonds. The fraction of sp³-hybridized carbons (Fsp3) is 0.444. The molecule has 2 nitrogen and oxygen atoms in total. The molecular weight excluding hydrogens is 155 g/mol. The molecule has 0 radical (unpaired) electrons. The SMILES string of the molecule is CCN[C@H](C)c1ccc(F)cn1. The summed E-state index contributed by atoms with van der Waals surface area (Å²) in [6.45, 7) is 4.92. The molecule has 0 aliphatic heterocycles. The standard InChI is InChI=1S/C9H13FN2/c1-3-11-7(2)9-5-4-8(10)6-12-9/h4-7,11H,3H2,1-2H3/t7-/m1/s1. The quantitative estimate of drug-likeness (QED) is 0.745. The molecule has 1 N–H and O–H groups in total. The highest BCUT2D eigenvalue weighted by Crippen LogP contribution is 2.08. The summed E-state index contributed by atoms with van der Waals surface area (Å²) in [5.41, 5.74) is 0.873. The van der Waals surface area contributed by atoms with Crippen LogP contribution in [0.4, 0.5) is 4.39 Å². The van der Waals surface area contributed by atoms with Crippen LogP contribution in [-0.2, 0) is 0 Å². The van der Waals surface area contributed by atoms with Crippen LogP contribution in [0.3, 0.4) is 0 Å². The van der Waals surface area contributed by atoms with E-state index in [-0.39, 0.29) is 11.9 Å². The van der Waals surface area contributed by atoms with E-state index in [1.807, 2.05) is 13.8 Å². The smallest absolute Gasteiger partial charge is 0.141 e. The van der Waals surface area contributed by atoms with Gasteiger partial charge in [0, 0.05) is 6.04 Å². The van der Waals surface area contributed by atoms with Crippen molar-refractivity contribution in [2.45, 2.75) is 19.9 Å². The third kappa shape index (κ3) is 2.27. The molecule has 66 valence electrons. The lowest BCUT2D eigenvalue weighted by molar-refractivity contribution is 0.572. The van der Waals surface area contributed by atoms with E-state index in [0.717, 1.165) is 12.2 Å². The van der Waals surface area contributed by atoms with E-state index in [4.69, 9.17) is 0 Å². The van der Waals surface area contributed by atoms with E-state index in [2.05, 4.69) is 10.3 Å². The molecule has 12 heavy (non-hydrogen) atoms. The van der Waals surface area contributed by atoms with Crippen molar-refractivity contribution in [3.05, 3.63) is 29.8 Å². The Morgan fingerprint density at radius 1 is 1.58 bits per heavy atom. The number of nitrogens with one attached hydrogen (secondary N) is 1. The zero-order chi connectivity index (χ0) is 8.97. The van der Waals surface area contributed by atoms with Crippen molar-refractivity contribution in [3.63, 3.8) is 0 Å². The number of rotatable bonds is 3. The van der Waals surface area contributed by atoms with Crippen molar-refractivity contribution in [3.8, 4) is 0 Å². The highest BCUT2D eigenvalue weighted by atomic mass is 19.1. The third-order valence-corrected chi connectivity index (χ3v) is 1.70. The molecule has 0 unspecified atom stereocenters. The summed E-state index contributed by atoms with van der Waals surface area (Å²) in [5.74, 6) is -0.289. The van der Waals surface area contributed by atoms with Crippen LogP contribution in [0.25, 0.3) is 0 Å². The summed E-state index contributed by atoms with van der Waals surface area (Å²) < 4.78 is 12.5. The fourth-order valence-corrected chi connectivity index (χ4v) is 1.05. The molecule has 1 aromatic rings. The molecule has 0 aliphatic rings. The van der Waals surface area contributed by atoms with Crippen molar-refractivity contribution in [1.82, 2.24) is 10.3 Å². The van der Waals surface area contributed by atoms with Crippen molar-refractivity contribution >= 4 is 0 Å². The second-order valence-electron chi connectivity index (χ2n) is 2.68. The number of halogens is 1. The number of aromatic nitrogens is 1. The van der Waals surface area contributed by atoms with Gasteiger partial charge in [-0.2, -0.15) is 0 Å². The van der Waals surface area contributed by atoms with Crippen molar-refractivity contribution < 1.29 is 4.39 Å². The van der Waals surface area contributed by atoms with Gasteiger partial charge in [0.2, 0.25) is 0 Å². The minimum atomic E-state index is -0.289. The fourth-order valence-electron chi connectivity index (χ4n) is 1.05. The van der Waals surface area contributed by atoms with Crippen LogP contribution in [0, 0.1) is 5.82 Å². The highest BCUT2D eigenvalue weighted by molar-refractivity contribution is 5.08. The Hall–Kier alpha value is -0.960. The molecule has 0 bridgehead atoms. The second-order valence-corrected chi connectivity index (χ2v) is 2.68. The summed E-state index contributed by atoms with van der Waals surface area (Å²) in [6.07, 6.45) is 1.24. The summed E-state index contributed by atoms with van der Waals surface area (Å²) >= 11 is 0. The molecule has 1 rings (SSSR count). The topological polar surface area (TPSA) is 24.9 Å². The van der Waals surface area contributed by atoms with Crippen molar-refractivity contribution in [2.75, 3.05) is 6.54 Å². The van der Waals surface area contributed by atoms with Crippen molar-refractivity contribution in [2.24, 2.45) is 0 Å². The summed E-state index contributed by atoms with van der Waals surface area (Å²) in [5, 5.41) is 3.20. The first-order valence-electron chi connectivity index (χ1n) is 4.09. The van der Waals surface area contributed by atoms with Crippen LogP contribution >= 0.6 is 0 Å². The first-order chi connectivity index (χ1) is 5.74. The summed E-state index contributed by atoms with van der Waals surface area (Å²) in [7, 11) is 0. The van der Waals surface area contributed by atoms with Crippen LogP contribution < -0.4 is 5.32 Å². The maximum Gasteiger partial charge on any atom is 0.141 e. The summed E-state index contributed by atoms with van der Waals surface area (Å²) in [6, 6.07) is 3.31. The van der Waals surface area contributed by atoms with Gasteiger partial charge >= 0.3 is 0 Å². The maximum absolute atomic E-state index is 12.5. The van der Waals surface area contributed by atoms with Gasteiger partial charge in [-0.3, -0.25) is 4.98 Å². The lowest BCUT2D eigenvalue weighted by Gasteiger charge is -2.10. The number of hydrogen-bond acceptors (Lipinski definition) is 2. The van der Waals surface area contributed by atoms with E-state index in [0.29, 0.717) is 0 Å². The van der Waals surface area contributed by atoms with Gasteiger partial charge < -0.3 is 5.32 Å². The molecule has 0 aliphatic carbocycles. The molecule has 1 aromatic heterocycles. The van der Waals surface area contributed by atoms with Gasteiger partial charge in [-0.05, 0) is 25.6 Å². The number of nitrogens with zero attached hydrogens (tertiary/aromatic N) is 1. The molecule has 0 saturated heterocycles. The van der Waals surface area contributed by atoms with E-state index in [1.165, 1.54) is 12.3 Å². The van der Waals surface area contributed by atoms with Crippen molar-refractivity contribution in [1.29, 1.82) is 0 Å². The average Bonchev–Trinajstić information content (AvgIpc) is 2.06. The molecular formula is C9H13FN2. The van der Waals surface area contributed by atoms with Gasteiger partial charge in [0.1, 0.15) is 5.82 Å². The van der Waals surface area contributed by atoms with Crippen LogP contribution in [0.15, 0.2) is 18.3 Å². The number of hydrogen-bond donors (Lipinski definition) is 1. The first-order valence-corrected chi connectivity index (χ1v) is 4.09. The largest absolute Gasteiger partial charge is 0.309 e. The van der Waals surface area contributed by atoms with E-state index >= 15 is 0 Å². The van der Waals surface area contributed by atoms with E-state index in [1.54, 1.807) is 6.07 Å². The molecule has 0 aromatic carbocycles. The Morgan fingerprint density at radius 3 is 2.83 bits per heavy atom. The van der Waals surface area contributed by atoms with Crippen LogP contribution in [0.5, 0.6) is 0 Å². The minimum Gasteiger partial charge on any atom is -0.309 e. The Bertz CT molecular complexity index is 233. The lowest BCUT2D eigenvalue weighted by atomic mass is 10.2. The zero-order valence-corrected chi connectivity index (χ0v) is 7.34. The predicted molar refractivity (Wildman–Crippen MR) is 46.3 cm³/mol. The molecule has 0 spiro atoms. The third-order valence-electron chi connectivity index (χ3n) is 1.70.